The van der Waals surface area contributed by atoms with Crippen LogP contribution in [0.3, 0.4) is 0 Å². The fraction of sp³-hybridized carbons (Fsp3) is 0.294. The molecule has 0 saturated carbocycles. The molecule has 4 heteroatoms. The Labute approximate surface area is 131 Å². The summed E-state index contributed by atoms with van der Waals surface area (Å²) in [5.41, 5.74) is 2.28. The topological polar surface area (TPSA) is 35.5 Å². The summed E-state index contributed by atoms with van der Waals surface area (Å²) in [4.78, 5) is 0. The number of halogens is 1. The molecular formula is C17H21ClN2O. The molecule has 2 aromatic rings. The zero-order valence-electron chi connectivity index (χ0n) is 12.2. The molecule has 0 amide bonds. The second-order valence-corrected chi connectivity index (χ2v) is 5.63. The van der Waals surface area contributed by atoms with Crippen molar-refractivity contribution in [2.75, 3.05) is 6.54 Å². The normalized spacial score (nSPS) is 12.6. The molecule has 0 aliphatic carbocycles. The summed E-state index contributed by atoms with van der Waals surface area (Å²) in [7, 11) is 0. The molecule has 0 aliphatic rings. The van der Waals surface area contributed by atoms with E-state index in [1.54, 1.807) is 0 Å². The molecule has 0 bridgehead atoms. The summed E-state index contributed by atoms with van der Waals surface area (Å²) in [5.74, 6) is 0. The van der Waals surface area contributed by atoms with E-state index in [2.05, 4.69) is 17.4 Å². The van der Waals surface area contributed by atoms with E-state index in [1.165, 1.54) is 10.6 Å². The molecule has 0 saturated heterocycles. The standard InChI is InChI=1S/C17H21ClN2O/c1-14(11-19-12-15-5-3-2-4-6-15)20(21)13-16-7-9-17(18)10-8-16/h2-10,14,19,21H,11-13H2,1H3. The third kappa shape index (κ3) is 5.48. The second-order valence-electron chi connectivity index (χ2n) is 5.19. The van der Waals surface area contributed by atoms with E-state index in [9.17, 15) is 5.21 Å². The van der Waals surface area contributed by atoms with Gasteiger partial charge in [0.2, 0.25) is 0 Å². The first kappa shape index (κ1) is 16.0. The number of benzene rings is 2. The molecule has 0 aromatic heterocycles. The SMILES string of the molecule is CC(CNCc1ccccc1)N(O)Cc1ccc(Cl)cc1. The Morgan fingerprint density at radius 2 is 1.71 bits per heavy atom. The molecule has 0 radical (unpaired) electrons. The number of hydrogen-bond donors (Lipinski definition) is 2. The van der Waals surface area contributed by atoms with Crippen LogP contribution in [0.5, 0.6) is 0 Å². The van der Waals surface area contributed by atoms with Gasteiger partial charge in [-0.25, -0.2) is 0 Å². The maximum Gasteiger partial charge on any atom is 0.0492 e. The molecule has 0 heterocycles. The van der Waals surface area contributed by atoms with Crippen LogP contribution in [0.4, 0.5) is 0 Å². The average Bonchev–Trinajstić information content (AvgIpc) is 2.50. The van der Waals surface area contributed by atoms with Gasteiger partial charge < -0.3 is 10.5 Å². The van der Waals surface area contributed by atoms with Gasteiger partial charge in [-0.3, -0.25) is 0 Å². The highest BCUT2D eigenvalue weighted by atomic mass is 35.5. The lowest BCUT2D eigenvalue weighted by Crippen LogP contribution is -2.37. The molecule has 0 spiro atoms. The molecule has 3 nitrogen and oxygen atoms in total. The number of hydroxylamine groups is 2. The van der Waals surface area contributed by atoms with Gasteiger partial charge in [0, 0.05) is 30.7 Å². The highest BCUT2D eigenvalue weighted by molar-refractivity contribution is 6.30. The van der Waals surface area contributed by atoms with E-state index in [4.69, 9.17) is 11.6 Å². The van der Waals surface area contributed by atoms with Gasteiger partial charge >= 0.3 is 0 Å². The minimum absolute atomic E-state index is 0.0318. The lowest BCUT2D eigenvalue weighted by molar-refractivity contribution is -0.129. The Kier molecular flexibility index (Phi) is 6.21. The summed E-state index contributed by atoms with van der Waals surface area (Å²) in [6.45, 7) is 4.01. The molecular weight excluding hydrogens is 284 g/mol. The van der Waals surface area contributed by atoms with Gasteiger partial charge in [-0.2, -0.15) is 5.06 Å². The van der Waals surface area contributed by atoms with E-state index in [0.717, 1.165) is 18.7 Å². The Balaban J connectivity index is 1.74. The predicted molar refractivity (Wildman–Crippen MR) is 86.4 cm³/mol. The van der Waals surface area contributed by atoms with Gasteiger partial charge in [0.15, 0.2) is 0 Å². The van der Waals surface area contributed by atoms with E-state index < -0.39 is 0 Å². The summed E-state index contributed by atoms with van der Waals surface area (Å²) in [5, 5.41) is 15.5. The van der Waals surface area contributed by atoms with Gasteiger partial charge in [-0.05, 0) is 30.2 Å². The molecule has 1 atom stereocenters. The molecule has 2 aromatic carbocycles. The molecule has 21 heavy (non-hydrogen) atoms. The Bertz CT molecular complexity index is 530. The average molecular weight is 305 g/mol. The molecule has 0 fully saturated rings. The number of nitrogens with zero attached hydrogens (tertiary/aromatic N) is 1. The van der Waals surface area contributed by atoms with E-state index in [-0.39, 0.29) is 6.04 Å². The monoisotopic (exact) mass is 304 g/mol. The number of hydrogen-bond acceptors (Lipinski definition) is 3. The zero-order chi connectivity index (χ0) is 15.1. The minimum atomic E-state index is 0.0318. The van der Waals surface area contributed by atoms with Crippen molar-refractivity contribution in [3.8, 4) is 0 Å². The van der Waals surface area contributed by atoms with Crippen LogP contribution in [-0.4, -0.2) is 22.9 Å². The van der Waals surface area contributed by atoms with Gasteiger partial charge in [0.25, 0.3) is 0 Å². The molecule has 0 aliphatic heterocycles. The van der Waals surface area contributed by atoms with Crippen LogP contribution in [0.2, 0.25) is 5.02 Å². The van der Waals surface area contributed by atoms with Crippen molar-refractivity contribution in [1.82, 2.24) is 10.4 Å². The van der Waals surface area contributed by atoms with Crippen molar-refractivity contribution in [2.45, 2.75) is 26.1 Å². The van der Waals surface area contributed by atoms with Crippen LogP contribution < -0.4 is 5.32 Å². The van der Waals surface area contributed by atoms with Crippen LogP contribution in [-0.2, 0) is 13.1 Å². The fourth-order valence-corrected chi connectivity index (χ4v) is 2.19. The molecule has 1 unspecified atom stereocenters. The van der Waals surface area contributed by atoms with Gasteiger partial charge in [-0.1, -0.05) is 54.1 Å². The fourth-order valence-electron chi connectivity index (χ4n) is 2.06. The van der Waals surface area contributed by atoms with E-state index >= 15 is 0 Å². The Morgan fingerprint density at radius 3 is 2.38 bits per heavy atom. The summed E-state index contributed by atoms with van der Waals surface area (Å²) in [6, 6.07) is 17.8. The third-order valence-electron chi connectivity index (χ3n) is 3.38. The predicted octanol–water partition coefficient (Wildman–Crippen LogP) is 3.71. The van der Waals surface area contributed by atoms with Crippen LogP contribution >= 0.6 is 11.6 Å². The summed E-state index contributed by atoms with van der Waals surface area (Å²) >= 11 is 5.85. The van der Waals surface area contributed by atoms with Crippen molar-refractivity contribution in [1.29, 1.82) is 0 Å². The van der Waals surface area contributed by atoms with Crippen LogP contribution in [0, 0.1) is 0 Å². The highest BCUT2D eigenvalue weighted by Gasteiger charge is 2.11. The second kappa shape index (κ2) is 8.15. The lowest BCUT2D eigenvalue weighted by atomic mass is 10.2. The van der Waals surface area contributed by atoms with Crippen LogP contribution in [0.1, 0.15) is 18.1 Å². The number of rotatable bonds is 7. The van der Waals surface area contributed by atoms with Crippen LogP contribution in [0.15, 0.2) is 54.6 Å². The smallest absolute Gasteiger partial charge is 0.0492 e. The van der Waals surface area contributed by atoms with Crippen LogP contribution in [0.25, 0.3) is 0 Å². The first-order valence-corrected chi connectivity index (χ1v) is 7.47. The Hall–Kier alpha value is -1.39. The molecule has 112 valence electrons. The van der Waals surface area contributed by atoms with Crippen molar-refractivity contribution < 1.29 is 5.21 Å². The van der Waals surface area contributed by atoms with Gasteiger partial charge in [-0.15, -0.1) is 0 Å². The zero-order valence-corrected chi connectivity index (χ0v) is 12.9. The summed E-state index contributed by atoms with van der Waals surface area (Å²) in [6.07, 6.45) is 0. The Morgan fingerprint density at radius 1 is 1.05 bits per heavy atom. The maximum absolute atomic E-state index is 10.1. The van der Waals surface area contributed by atoms with E-state index in [0.29, 0.717) is 11.6 Å². The van der Waals surface area contributed by atoms with Crippen molar-refractivity contribution in [3.05, 3.63) is 70.7 Å². The van der Waals surface area contributed by atoms with E-state index in [1.807, 2.05) is 49.4 Å². The quantitative estimate of drug-likeness (QED) is 0.766. The van der Waals surface area contributed by atoms with Crippen molar-refractivity contribution in [3.63, 3.8) is 0 Å². The first-order valence-electron chi connectivity index (χ1n) is 7.10. The maximum atomic E-state index is 10.1. The van der Waals surface area contributed by atoms with Crippen molar-refractivity contribution >= 4 is 11.6 Å². The highest BCUT2D eigenvalue weighted by Crippen LogP contribution is 2.11. The lowest BCUT2D eigenvalue weighted by Gasteiger charge is -2.23. The van der Waals surface area contributed by atoms with Crippen molar-refractivity contribution in [2.24, 2.45) is 0 Å². The van der Waals surface area contributed by atoms with Gasteiger partial charge in [0.1, 0.15) is 0 Å². The number of nitrogens with one attached hydrogen (secondary N) is 1. The molecule has 2 N–H and O–H groups in total. The first-order chi connectivity index (χ1) is 10.1. The summed E-state index contributed by atoms with van der Waals surface area (Å²) < 4.78 is 0. The minimum Gasteiger partial charge on any atom is -0.313 e. The third-order valence-corrected chi connectivity index (χ3v) is 3.63. The molecule has 2 rings (SSSR count). The van der Waals surface area contributed by atoms with Gasteiger partial charge in [0.05, 0.1) is 0 Å². The largest absolute Gasteiger partial charge is 0.313 e.